The summed E-state index contributed by atoms with van der Waals surface area (Å²) in [4.78, 5) is 4.90. The summed E-state index contributed by atoms with van der Waals surface area (Å²) in [6, 6.07) is 2.19. The van der Waals surface area contributed by atoms with E-state index in [4.69, 9.17) is 9.51 Å². The number of nitrogens with zero attached hydrogens (tertiary/aromatic N) is 5. The summed E-state index contributed by atoms with van der Waals surface area (Å²) >= 11 is 0. The van der Waals surface area contributed by atoms with Gasteiger partial charge in [0.15, 0.2) is 0 Å². The zero-order valence-electron chi connectivity index (χ0n) is 19.4. The molecule has 0 atom stereocenters. The highest BCUT2D eigenvalue weighted by atomic mass is 19.1. The monoisotopic (exact) mass is 435 g/mol. The van der Waals surface area contributed by atoms with Crippen molar-refractivity contribution in [1.29, 1.82) is 0 Å². The SMILES string of the molecule is Cc1noc(C)c1-c1cnc2c(-c3cnn(C)c3C)cn(CC3CCC(C)(F)CC3)c2c1. The number of fused-ring (bicyclic) bond motifs is 1. The van der Waals surface area contributed by atoms with Crippen LogP contribution in [0, 0.1) is 26.7 Å². The van der Waals surface area contributed by atoms with E-state index in [1.807, 2.05) is 38.0 Å². The molecule has 0 aliphatic heterocycles. The predicted octanol–water partition coefficient (Wildman–Crippen LogP) is 5.94. The number of alkyl halides is 1. The Bertz CT molecular complexity index is 1270. The molecule has 1 fully saturated rings. The van der Waals surface area contributed by atoms with Crippen LogP contribution in [0.15, 0.2) is 29.2 Å². The molecular weight excluding hydrogens is 405 g/mol. The minimum absolute atomic E-state index is 0.458. The lowest BCUT2D eigenvalue weighted by atomic mass is 9.81. The van der Waals surface area contributed by atoms with Crippen molar-refractivity contribution in [3.8, 4) is 22.3 Å². The van der Waals surface area contributed by atoms with Crippen molar-refractivity contribution in [3.63, 3.8) is 0 Å². The maximum Gasteiger partial charge on any atom is 0.141 e. The third kappa shape index (κ3) is 3.53. The Labute approximate surface area is 187 Å². The maximum absolute atomic E-state index is 14.4. The summed E-state index contributed by atoms with van der Waals surface area (Å²) in [7, 11) is 1.96. The third-order valence-electron chi connectivity index (χ3n) is 7.17. The molecule has 1 saturated carbocycles. The van der Waals surface area contributed by atoms with Gasteiger partial charge in [0.25, 0.3) is 0 Å². The molecule has 0 aromatic carbocycles. The highest BCUT2D eigenvalue weighted by Crippen LogP contribution is 2.38. The molecule has 6 nitrogen and oxygen atoms in total. The van der Waals surface area contributed by atoms with Crippen LogP contribution in [0.5, 0.6) is 0 Å². The highest BCUT2D eigenvalue weighted by molar-refractivity contribution is 5.95. The molecular formula is C25H30FN5O. The summed E-state index contributed by atoms with van der Waals surface area (Å²) in [6.45, 7) is 8.55. The Morgan fingerprint density at radius 3 is 2.53 bits per heavy atom. The van der Waals surface area contributed by atoms with Crippen molar-refractivity contribution in [2.75, 3.05) is 0 Å². The van der Waals surface area contributed by atoms with Gasteiger partial charge in [0.05, 0.1) is 22.9 Å². The molecule has 5 rings (SSSR count). The Kier molecular flexibility index (Phi) is 4.95. The molecule has 168 valence electrons. The first-order valence-corrected chi connectivity index (χ1v) is 11.3. The van der Waals surface area contributed by atoms with Gasteiger partial charge >= 0.3 is 0 Å². The minimum Gasteiger partial charge on any atom is -0.361 e. The molecule has 0 amide bonds. The summed E-state index contributed by atoms with van der Waals surface area (Å²) in [5, 5.41) is 8.55. The van der Waals surface area contributed by atoms with Crippen LogP contribution in [-0.2, 0) is 13.6 Å². The predicted molar refractivity (Wildman–Crippen MR) is 123 cm³/mol. The van der Waals surface area contributed by atoms with E-state index in [1.165, 1.54) is 0 Å². The Hall–Kier alpha value is -2.96. The van der Waals surface area contributed by atoms with Gasteiger partial charge in [-0.3, -0.25) is 9.67 Å². The van der Waals surface area contributed by atoms with E-state index in [0.717, 1.165) is 69.8 Å². The topological polar surface area (TPSA) is 61.7 Å². The Balaban J connectivity index is 1.62. The number of hydrogen-bond acceptors (Lipinski definition) is 4. The molecule has 1 aliphatic rings. The molecule has 32 heavy (non-hydrogen) atoms. The minimum atomic E-state index is -1.02. The lowest BCUT2D eigenvalue weighted by Gasteiger charge is -2.31. The first-order chi connectivity index (χ1) is 15.2. The van der Waals surface area contributed by atoms with Crippen LogP contribution in [-0.4, -0.2) is 30.2 Å². The fourth-order valence-corrected chi connectivity index (χ4v) is 5.05. The van der Waals surface area contributed by atoms with Crippen molar-refractivity contribution in [3.05, 3.63) is 41.8 Å². The molecule has 7 heteroatoms. The second kappa shape index (κ2) is 7.57. The van der Waals surface area contributed by atoms with Gasteiger partial charge in [0.1, 0.15) is 11.4 Å². The van der Waals surface area contributed by atoms with Crippen molar-refractivity contribution < 1.29 is 8.91 Å². The maximum atomic E-state index is 14.4. The van der Waals surface area contributed by atoms with Gasteiger partial charge in [0.2, 0.25) is 0 Å². The molecule has 0 N–H and O–H groups in total. The van der Waals surface area contributed by atoms with Crippen LogP contribution in [0.1, 0.15) is 49.8 Å². The number of hydrogen-bond donors (Lipinski definition) is 0. The van der Waals surface area contributed by atoms with Crippen LogP contribution in [0.4, 0.5) is 4.39 Å². The molecule has 4 heterocycles. The quantitative estimate of drug-likeness (QED) is 0.398. The largest absolute Gasteiger partial charge is 0.361 e. The second-order valence-electron chi connectivity index (χ2n) is 9.61. The number of aromatic nitrogens is 5. The zero-order chi connectivity index (χ0) is 22.6. The standard InChI is InChI=1S/C25H30FN5O/c1-15-23(17(3)32-29-15)19-10-22-24(27-11-19)21(20-12-28-30(5)16(20)2)14-31(22)13-18-6-8-25(4,26)9-7-18/h10-12,14,18H,6-9,13H2,1-5H3. The van der Waals surface area contributed by atoms with E-state index < -0.39 is 5.67 Å². The fourth-order valence-electron chi connectivity index (χ4n) is 5.05. The van der Waals surface area contributed by atoms with Crippen molar-refractivity contribution >= 4 is 11.0 Å². The average Bonchev–Trinajstić information content (AvgIpc) is 3.39. The van der Waals surface area contributed by atoms with Crippen molar-refractivity contribution in [1.82, 2.24) is 24.5 Å². The number of halogens is 1. The molecule has 0 unspecified atom stereocenters. The van der Waals surface area contributed by atoms with E-state index in [9.17, 15) is 4.39 Å². The van der Waals surface area contributed by atoms with Crippen molar-refractivity contribution in [2.45, 2.75) is 65.6 Å². The van der Waals surface area contributed by atoms with E-state index in [0.29, 0.717) is 18.8 Å². The molecule has 4 aromatic rings. The lowest BCUT2D eigenvalue weighted by molar-refractivity contribution is 0.0985. The average molecular weight is 436 g/mol. The molecule has 0 bridgehead atoms. The van der Waals surface area contributed by atoms with Crippen LogP contribution in [0.3, 0.4) is 0 Å². The number of pyridine rings is 1. The second-order valence-corrected chi connectivity index (χ2v) is 9.61. The summed E-state index contributed by atoms with van der Waals surface area (Å²) in [5.41, 5.74) is 7.16. The van der Waals surface area contributed by atoms with Gasteiger partial charge in [-0.1, -0.05) is 5.16 Å². The smallest absolute Gasteiger partial charge is 0.141 e. The van der Waals surface area contributed by atoms with Gasteiger partial charge in [-0.05, 0) is 65.4 Å². The highest BCUT2D eigenvalue weighted by Gasteiger charge is 2.31. The third-order valence-corrected chi connectivity index (χ3v) is 7.17. The van der Waals surface area contributed by atoms with Gasteiger partial charge in [-0.2, -0.15) is 5.10 Å². The Morgan fingerprint density at radius 2 is 1.91 bits per heavy atom. The zero-order valence-corrected chi connectivity index (χ0v) is 19.4. The molecule has 0 spiro atoms. The summed E-state index contributed by atoms with van der Waals surface area (Å²) in [6.07, 6.45) is 9.09. The molecule has 1 aliphatic carbocycles. The first-order valence-electron chi connectivity index (χ1n) is 11.3. The first kappa shape index (κ1) is 20.9. The van der Waals surface area contributed by atoms with Crippen LogP contribution in [0.2, 0.25) is 0 Å². The van der Waals surface area contributed by atoms with Crippen LogP contribution < -0.4 is 0 Å². The van der Waals surface area contributed by atoms with E-state index in [-0.39, 0.29) is 0 Å². The normalized spacial score (nSPS) is 21.5. The summed E-state index contributed by atoms with van der Waals surface area (Å²) < 4.78 is 23.9. The summed E-state index contributed by atoms with van der Waals surface area (Å²) in [5.74, 6) is 1.25. The lowest BCUT2D eigenvalue weighted by Crippen LogP contribution is -2.27. The van der Waals surface area contributed by atoms with Gasteiger partial charge in [0, 0.05) is 53.9 Å². The Morgan fingerprint density at radius 1 is 1.16 bits per heavy atom. The van der Waals surface area contributed by atoms with Crippen LogP contribution >= 0.6 is 0 Å². The van der Waals surface area contributed by atoms with Crippen molar-refractivity contribution in [2.24, 2.45) is 13.0 Å². The fraction of sp³-hybridized carbons (Fsp3) is 0.480. The van der Waals surface area contributed by atoms with Gasteiger partial charge in [-0.25, -0.2) is 4.39 Å². The molecule has 4 aromatic heterocycles. The van der Waals surface area contributed by atoms with E-state index in [2.05, 4.69) is 34.0 Å². The van der Waals surface area contributed by atoms with E-state index in [1.54, 1.807) is 6.92 Å². The molecule has 0 radical (unpaired) electrons. The number of rotatable bonds is 4. The molecule has 0 saturated heterocycles. The number of aryl methyl sites for hydroxylation is 3. The van der Waals surface area contributed by atoms with E-state index >= 15 is 0 Å². The van der Waals surface area contributed by atoms with Gasteiger partial charge < -0.3 is 9.09 Å². The van der Waals surface area contributed by atoms with Gasteiger partial charge in [-0.15, -0.1) is 0 Å². The van der Waals surface area contributed by atoms with Crippen LogP contribution in [0.25, 0.3) is 33.3 Å².